The molecule has 0 aliphatic heterocycles. The van der Waals surface area contributed by atoms with Crippen LogP contribution in [-0.4, -0.2) is 43.3 Å². The lowest BCUT2D eigenvalue weighted by Gasteiger charge is -2.12. The molecule has 0 unspecified atom stereocenters. The molecule has 1 rings (SSSR count). The van der Waals surface area contributed by atoms with Crippen LogP contribution in [0.5, 0.6) is 0 Å². The number of furan rings is 1. The van der Waals surface area contributed by atoms with Crippen molar-refractivity contribution in [3.8, 4) is 0 Å². The van der Waals surface area contributed by atoms with Crippen molar-refractivity contribution in [2.24, 2.45) is 0 Å². The summed E-state index contributed by atoms with van der Waals surface area (Å²) in [7, 11) is 3.19. The number of nitrogens with zero attached hydrogens (tertiary/aromatic N) is 1. The molecule has 0 amide bonds. The summed E-state index contributed by atoms with van der Waals surface area (Å²) in [4.78, 5) is 13.2. The second kappa shape index (κ2) is 5.67. The van der Waals surface area contributed by atoms with Crippen molar-refractivity contribution in [3.63, 3.8) is 0 Å². The van der Waals surface area contributed by atoms with E-state index in [1.54, 1.807) is 13.0 Å². The van der Waals surface area contributed by atoms with Gasteiger partial charge in [0.2, 0.25) is 5.76 Å². The quantitative estimate of drug-likeness (QED) is 0.754. The van der Waals surface area contributed by atoms with Crippen LogP contribution in [0.3, 0.4) is 0 Å². The minimum absolute atomic E-state index is 0.0973. The lowest BCUT2D eigenvalue weighted by molar-refractivity contribution is 0.0560. The predicted octanol–water partition coefficient (Wildman–Crippen LogP) is 0.799. The zero-order chi connectivity index (χ0) is 12.1. The molecule has 0 atom stereocenters. The molecule has 0 bridgehead atoms. The monoisotopic (exact) mass is 227 g/mol. The summed E-state index contributed by atoms with van der Waals surface area (Å²) in [5.41, 5.74) is 0.763. The second-order valence-electron chi connectivity index (χ2n) is 3.68. The van der Waals surface area contributed by atoms with Gasteiger partial charge in [-0.05, 0) is 20.0 Å². The molecule has 1 aromatic heterocycles. The fraction of sp³-hybridized carbons (Fsp3) is 0.545. The van der Waals surface area contributed by atoms with Crippen molar-refractivity contribution < 1.29 is 19.1 Å². The summed E-state index contributed by atoms with van der Waals surface area (Å²) in [5.74, 6) is 0.470. The zero-order valence-electron chi connectivity index (χ0n) is 9.82. The van der Waals surface area contributed by atoms with Crippen LogP contribution in [0.15, 0.2) is 10.5 Å². The number of ether oxygens (including phenoxy) is 1. The fourth-order valence-electron chi connectivity index (χ4n) is 1.44. The molecule has 0 saturated heterocycles. The van der Waals surface area contributed by atoms with Crippen molar-refractivity contribution >= 4 is 5.97 Å². The molecular weight excluding hydrogens is 210 g/mol. The maximum Gasteiger partial charge on any atom is 0.374 e. The first-order valence-corrected chi connectivity index (χ1v) is 5.05. The largest absolute Gasteiger partial charge is 0.463 e. The van der Waals surface area contributed by atoms with Gasteiger partial charge in [-0.1, -0.05) is 0 Å². The van der Waals surface area contributed by atoms with Gasteiger partial charge in [0.05, 0.1) is 20.3 Å². The van der Waals surface area contributed by atoms with E-state index in [0.29, 0.717) is 18.8 Å². The van der Waals surface area contributed by atoms with Crippen LogP contribution in [-0.2, 0) is 11.3 Å². The van der Waals surface area contributed by atoms with E-state index in [4.69, 9.17) is 9.52 Å². The van der Waals surface area contributed by atoms with Crippen molar-refractivity contribution in [1.82, 2.24) is 4.90 Å². The first-order chi connectivity index (χ1) is 7.58. The highest BCUT2D eigenvalue weighted by atomic mass is 16.5. The third kappa shape index (κ3) is 3.08. The number of rotatable bonds is 5. The summed E-state index contributed by atoms with van der Waals surface area (Å²) < 4.78 is 9.98. The Bertz CT molecular complexity index is 359. The Morgan fingerprint density at radius 3 is 2.88 bits per heavy atom. The van der Waals surface area contributed by atoms with Crippen molar-refractivity contribution in [2.75, 3.05) is 27.3 Å². The molecule has 5 heteroatoms. The average Bonchev–Trinajstić information content (AvgIpc) is 2.58. The van der Waals surface area contributed by atoms with Gasteiger partial charge in [-0.2, -0.15) is 0 Å². The number of hydrogen-bond donors (Lipinski definition) is 1. The molecule has 0 aliphatic rings. The fourth-order valence-corrected chi connectivity index (χ4v) is 1.44. The predicted molar refractivity (Wildman–Crippen MR) is 58.2 cm³/mol. The molecule has 0 saturated carbocycles. The Morgan fingerprint density at radius 1 is 1.62 bits per heavy atom. The standard InChI is InChI=1S/C11H17NO4/c1-8-6-9(7-12(2)4-5-13)16-10(8)11(14)15-3/h6,13H,4-5,7H2,1-3H3. The Balaban J connectivity index is 2.73. The third-order valence-electron chi connectivity index (χ3n) is 2.25. The number of esters is 1. The molecule has 5 nitrogen and oxygen atoms in total. The normalized spacial score (nSPS) is 10.8. The number of likely N-dealkylation sites (N-methyl/N-ethyl adjacent to an activating group) is 1. The highest BCUT2D eigenvalue weighted by Crippen LogP contribution is 2.16. The summed E-state index contributed by atoms with van der Waals surface area (Å²) in [6, 6.07) is 1.81. The summed E-state index contributed by atoms with van der Waals surface area (Å²) in [6.07, 6.45) is 0. The summed E-state index contributed by atoms with van der Waals surface area (Å²) in [5, 5.41) is 8.75. The maximum absolute atomic E-state index is 11.3. The van der Waals surface area contributed by atoms with E-state index in [9.17, 15) is 4.79 Å². The first-order valence-electron chi connectivity index (χ1n) is 5.05. The molecule has 0 fully saturated rings. The van der Waals surface area contributed by atoms with Crippen LogP contribution < -0.4 is 0 Å². The molecule has 0 aromatic carbocycles. The number of aliphatic hydroxyl groups excluding tert-OH is 1. The molecule has 1 heterocycles. The van der Waals surface area contributed by atoms with Gasteiger partial charge in [0.25, 0.3) is 0 Å². The SMILES string of the molecule is COC(=O)c1oc(CN(C)CCO)cc1C. The third-order valence-corrected chi connectivity index (χ3v) is 2.25. The molecule has 16 heavy (non-hydrogen) atoms. The minimum atomic E-state index is -0.464. The molecule has 1 aromatic rings. The Morgan fingerprint density at radius 2 is 2.31 bits per heavy atom. The zero-order valence-corrected chi connectivity index (χ0v) is 9.82. The summed E-state index contributed by atoms with van der Waals surface area (Å²) in [6.45, 7) is 3.01. The van der Waals surface area contributed by atoms with E-state index >= 15 is 0 Å². The maximum atomic E-state index is 11.3. The van der Waals surface area contributed by atoms with Crippen LogP contribution in [0, 0.1) is 6.92 Å². The van der Waals surface area contributed by atoms with Crippen molar-refractivity contribution in [2.45, 2.75) is 13.5 Å². The van der Waals surface area contributed by atoms with Gasteiger partial charge >= 0.3 is 5.97 Å². The van der Waals surface area contributed by atoms with Gasteiger partial charge in [0, 0.05) is 12.1 Å². The molecule has 0 aliphatic carbocycles. The van der Waals surface area contributed by atoms with E-state index in [0.717, 1.165) is 5.56 Å². The van der Waals surface area contributed by atoms with Gasteiger partial charge in [0.1, 0.15) is 5.76 Å². The topological polar surface area (TPSA) is 62.9 Å². The lowest BCUT2D eigenvalue weighted by atomic mass is 10.2. The van der Waals surface area contributed by atoms with Crippen LogP contribution >= 0.6 is 0 Å². The van der Waals surface area contributed by atoms with Crippen LogP contribution in [0.4, 0.5) is 0 Å². The van der Waals surface area contributed by atoms with Gasteiger partial charge in [0.15, 0.2) is 0 Å². The smallest absolute Gasteiger partial charge is 0.374 e. The van der Waals surface area contributed by atoms with E-state index in [1.165, 1.54) is 7.11 Å². The molecule has 1 N–H and O–H groups in total. The molecule has 0 radical (unpaired) electrons. The molecular formula is C11H17NO4. The van der Waals surface area contributed by atoms with Crippen LogP contribution in [0.2, 0.25) is 0 Å². The minimum Gasteiger partial charge on any atom is -0.463 e. The number of hydrogen-bond acceptors (Lipinski definition) is 5. The Kier molecular flexibility index (Phi) is 4.52. The van der Waals surface area contributed by atoms with Gasteiger partial charge in [-0.15, -0.1) is 0 Å². The van der Waals surface area contributed by atoms with Crippen molar-refractivity contribution in [3.05, 3.63) is 23.2 Å². The Labute approximate surface area is 94.6 Å². The van der Waals surface area contributed by atoms with E-state index in [2.05, 4.69) is 4.74 Å². The second-order valence-corrected chi connectivity index (χ2v) is 3.68. The van der Waals surface area contributed by atoms with Crippen LogP contribution in [0.25, 0.3) is 0 Å². The first kappa shape index (κ1) is 12.7. The highest BCUT2D eigenvalue weighted by molar-refractivity contribution is 5.87. The number of aliphatic hydroxyl groups is 1. The summed E-state index contributed by atoms with van der Waals surface area (Å²) >= 11 is 0. The number of methoxy groups -OCH3 is 1. The van der Waals surface area contributed by atoms with Crippen molar-refractivity contribution in [1.29, 1.82) is 0 Å². The van der Waals surface area contributed by atoms with E-state index < -0.39 is 5.97 Å². The lowest BCUT2D eigenvalue weighted by Crippen LogP contribution is -2.21. The van der Waals surface area contributed by atoms with Crippen LogP contribution in [0.1, 0.15) is 21.9 Å². The average molecular weight is 227 g/mol. The Hall–Kier alpha value is -1.33. The number of carbonyl (C=O) groups is 1. The van der Waals surface area contributed by atoms with E-state index in [1.807, 2.05) is 11.9 Å². The number of carbonyl (C=O) groups excluding carboxylic acids is 1. The molecule has 90 valence electrons. The molecule has 0 spiro atoms. The van der Waals surface area contributed by atoms with Gasteiger partial charge in [-0.25, -0.2) is 4.79 Å². The highest BCUT2D eigenvalue weighted by Gasteiger charge is 2.16. The van der Waals surface area contributed by atoms with Gasteiger partial charge < -0.3 is 14.3 Å². The van der Waals surface area contributed by atoms with Gasteiger partial charge in [-0.3, -0.25) is 4.90 Å². The number of aryl methyl sites for hydroxylation is 1. The van der Waals surface area contributed by atoms with E-state index in [-0.39, 0.29) is 12.4 Å².